The molecular formula is C26H25N5O7S. The molecule has 0 fully saturated rings. The monoisotopic (exact) mass is 551 g/mol. The fraction of sp³-hybridized carbons (Fsp3) is 0.192. The third kappa shape index (κ3) is 5.94. The number of ether oxygens (including phenoxy) is 1. The first-order valence-electron chi connectivity index (χ1n) is 11.7. The van der Waals surface area contributed by atoms with Crippen LogP contribution in [0.25, 0.3) is 0 Å². The van der Waals surface area contributed by atoms with Crippen LogP contribution in [-0.2, 0) is 30.8 Å². The van der Waals surface area contributed by atoms with Gasteiger partial charge in [-0.15, -0.1) is 0 Å². The van der Waals surface area contributed by atoms with Crippen molar-refractivity contribution < 1.29 is 32.3 Å². The zero-order valence-corrected chi connectivity index (χ0v) is 21.8. The predicted molar refractivity (Wildman–Crippen MR) is 139 cm³/mol. The molecule has 0 radical (unpaired) electrons. The van der Waals surface area contributed by atoms with Gasteiger partial charge in [0.2, 0.25) is 5.91 Å². The van der Waals surface area contributed by atoms with Crippen LogP contribution in [0.15, 0.2) is 78.0 Å². The topological polar surface area (TPSA) is 164 Å². The Labute approximate surface area is 224 Å². The van der Waals surface area contributed by atoms with Gasteiger partial charge in [-0.25, -0.2) is 10.2 Å². The number of carbonyl (C=O) groups excluding carboxylic acids is 4. The quantitative estimate of drug-likeness (QED) is 0.332. The Kier molecular flexibility index (Phi) is 8.02. The average molecular weight is 552 g/mol. The van der Waals surface area contributed by atoms with E-state index < -0.39 is 39.9 Å². The van der Waals surface area contributed by atoms with Gasteiger partial charge in [-0.2, -0.15) is 12.8 Å². The molecule has 3 N–H and O–H groups in total. The van der Waals surface area contributed by atoms with E-state index in [-0.39, 0.29) is 22.8 Å². The van der Waals surface area contributed by atoms with E-state index in [1.54, 1.807) is 36.4 Å². The number of aromatic nitrogens is 1. The lowest BCUT2D eigenvalue weighted by molar-refractivity contribution is -0.145. The Balaban J connectivity index is 1.40. The Morgan fingerprint density at radius 1 is 1.00 bits per heavy atom. The molecule has 2 heterocycles. The molecule has 2 atom stereocenters. The Morgan fingerprint density at radius 3 is 2.31 bits per heavy atom. The molecule has 12 nitrogen and oxygen atoms in total. The number of hydrogen-bond donors (Lipinski definition) is 3. The number of rotatable bonds is 9. The minimum Gasteiger partial charge on any atom is -0.467 e. The summed E-state index contributed by atoms with van der Waals surface area (Å²) >= 11 is 0. The van der Waals surface area contributed by atoms with Crippen LogP contribution in [-0.4, -0.2) is 60.7 Å². The highest BCUT2D eigenvalue weighted by molar-refractivity contribution is 7.90. The number of anilines is 1. The molecule has 0 saturated heterocycles. The van der Waals surface area contributed by atoms with E-state index in [0.717, 1.165) is 0 Å². The van der Waals surface area contributed by atoms with Crippen molar-refractivity contribution in [3.63, 3.8) is 0 Å². The van der Waals surface area contributed by atoms with Gasteiger partial charge in [-0.05, 0) is 48.9 Å². The number of nitrogens with one attached hydrogen (secondary N) is 3. The standard InChI is InChI=1S/C26H25N5O7S/c1-16(30-31-25(34)20-5-3-4-6-22(20)39(31,36)37)23(32)29-21(26(35)38-2)15-17-7-9-19(10-8-17)28-24(33)18-11-13-27-14-12-18/h3-14,16,21,30H,15H2,1-2H3,(H,28,33)(H,29,32)/t16?,21-/m0/s1. The van der Waals surface area contributed by atoms with E-state index in [2.05, 4.69) is 21.0 Å². The molecule has 0 aliphatic carbocycles. The van der Waals surface area contributed by atoms with Gasteiger partial charge < -0.3 is 15.4 Å². The van der Waals surface area contributed by atoms with Gasteiger partial charge in [0.25, 0.3) is 21.8 Å². The number of nitrogens with zero attached hydrogens (tertiary/aromatic N) is 2. The van der Waals surface area contributed by atoms with Crippen LogP contribution in [0, 0.1) is 0 Å². The molecule has 0 saturated carbocycles. The molecule has 2 aromatic carbocycles. The maximum atomic E-state index is 12.9. The van der Waals surface area contributed by atoms with Crippen LogP contribution in [0.1, 0.15) is 33.2 Å². The maximum absolute atomic E-state index is 12.9. The fourth-order valence-corrected chi connectivity index (χ4v) is 5.34. The van der Waals surface area contributed by atoms with Crippen molar-refractivity contribution in [1.29, 1.82) is 0 Å². The molecule has 1 aliphatic rings. The zero-order chi connectivity index (χ0) is 28.2. The molecule has 3 amide bonds. The highest BCUT2D eigenvalue weighted by Crippen LogP contribution is 2.28. The number of benzene rings is 2. The van der Waals surface area contributed by atoms with Gasteiger partial charge >= 0.3 is 5.97 Å². The highest BCUT2D eigenvalue weighted by atomic mass is 32.2. The van der Waals surface area contributed by atoms with E-state index >= 15 is 0 Å². The number of amides is 3. The number of esters is 1. The summed E-state index contributed by atoms with van der Waals surface area (Å²) in [5.74, 6) is -2.58. The Morgan fingerprint density at radius 2 is 1.67 bits per heavy atom. The van der Waals surface area contributed by atoms with E-state index in [0.29, 0.717) is 21.2 Å². The van der Waals surface area contributed by atoms with E-state index in [4.69, 9.17) is 4.74 Å². The van der Waals surface area contributed by atoms with Crippen molar-refractivity contribution >= 4 is 39.4 Å². The molecule has 4 rings (SSSR count). The SMILES string of the molecule is COC(=O)[C@H](Cc1ccc(NC(=O)c2ccncc2)cc1)NC(=O)C(C)NN1C(=O)c2ccccc2S1(=O)=O. The van der Waals surface area contributed by atoms with E-state index in [1.807, 2.05) is 0 Å². The first-order valence-corrected chi connectivity index (χ1v) is 13.2. The summed E-state index contributed by atoms with van der Waals surface area (Å²) in [4.78, 5) is 53.9. The third-order valence-corrected chi connectivity index (χ3v) is 7.58. The second-order valence-electron chi connectivity index (χ2n) is 8.60. The van der Waals surface area contributed by atoms with Crippen molar-refractivity contribution in [3.05, 3.63) is 89.7 Å². The molecule has 0 bridgehead atoms. The van der Waals surface area contributed by atoms with Gasteiger partial charge in [0.1, 0.15) is 17.0 Å². The van der Waals surface area contributed by atoms with Crippen LogP contribution in [0.4, 0.5) is 5.69 Å². The summed E-state index contributed by atoms with van der Waals surface area (Å²) in [5.41, 5.74) is 4.03. The van der Waals surface area contributed by atoms with Gasteiger partial charge in [0.05, 0.1) is 12.7 Å². The number of methoxy groups -OCH3 is 1. The van der Waals surface area contributed by atoms with Crippen LogP contribution >= 0.6 is 0 Å². The third-order valence-electron chi connectivity index (χ3n) is 5.92. The minimum atomic E-state index is -4.18. The molecule has 13 heteroatoms. The number of fused-ring (bicyclic) bond motifs is 1. The van der Waals surface area contributed by atoms with E-state index in [9.17, 15) is 27.6 Å². The van der Waals surface area contributed by atoms with Crippen molar-refractivity contribution in [2.45, 2.75) is 30.3 Å². The molecule has 202 valence electrons. The summed E-state index contributed by atoms with van der Waals surface area (Å²) in [6.07, 6.45) is 3.07. The summed E-state index contributed by atoms with van der Waals surface area (Å²) in [6.45, 7) is 1.36. The van der Waals surface area contributed by atoms with Gasteiger partial charge in [-0.3, -0.25) is 19.4 Å². The summed E-state index contributed by atoms with van der Waals surface area (Å²) in [7, 11) is -3.01. The summed E-state index contributed by atoms with van der Waals surface area (Å²) in [6, 6.07) is 13.2. The van der Waals surface area contributed by atoms with Gasteiger partial charge in [0.15, 0.2) is 0 Å². The largest absolute Gasteiger partial charge is 0.467 e. The number of carbonyl (C=O) groups is 4. The molecule has 39 heavy (non-hydrogen) atoms. The maximum Gasteiger partial charge on any atom is 0.328 e. The highest BCUT2D eigenvalue weighted by Gasteiger charge is 2.42. The van der Waals surface area contributed by atoms with Gasteiger partial charge in [-0.1, -0.05) is 24.3 Å². The Bertz CT molecular complexity index is 1510. The zero-order valence-electron chi connectivity index (χ0n) is 21.0. The van der Waals surface area contributed by atoms with Crippen molar-refractivity contribution in [2.24, 2.45) is 0 Å². The lowest BCUT2D eigenvalue weighted by Crippen LogP contribution is -2.55. The number of sulfonamides is 1. The lowest BCUT2D eigenvalue weighted by Gasteiger charge is -2.23. The molecule has 1 unspecified atom stereocenters. The van der Waals surface area contributed by atoms with Crippen LogP contribution in [0.3, 0.4) is 0 Å². The number of hydrazine groups is 1. The molecule has 0 spiro atoms. The number of hydrogen-bond acceptors (Lipinski definition) is 9. The first-order chi connectivity index (χ1) is 18.6. The molecular weight excluding hydrogens is 526 g/mol. The second-order valence-corrected chi connectivity index (χ2v) is 10.4. The lowest BCUT2D eigenvalue weighted by atomic mass is 10.0. The summed E-state index contributed by atoms with van der Waals surface area (Å²) in [5, 5.41) is 5.29. The normalized spacial score (nSPS) is 15.1. The second kappa shape index (κ2) is 11.4. The average Bonchev–Trinajstić information content (AvgIpc) is 3.14. The van der Waals surface area contributed by atoms with Crippen LogP contribution in [0.2, 0.25) is 0 Å². The van der Waals surface area contributed by atoms with Crippen LogP contribution in [0.5, 0.6) is 0 Å². The van der Waals surface area contributed by atoms with Crippen molar-refractivity contribution in [2.75, 3.05) is 12.4 Å². The smallest absolute Gasteiger partial charge is 0.328 e. The molecule has 1 aromatic heterocycles. The molecule has 1 aliphatic heterocycles. The predicted octanol–water partition coefficient (Wildman–Crippen LogP) is 1.27. The van der Waals surface area contributed by atoms with Gasteiger partial charge in [0, 0.05) is 30.1 Å². The molecule has 3 aromatic rings. The summed E-state index contributed by atoms with van der Waals surface area (Å²) < 4.78 is 30.8. The number of pyridine rings is 1. The first kappa shape index (κ1) is 27.4. The fourth-order valence-electron chi connectivity index (χ4n) is 3.85. The van der Waals surface area contributed by atoms with Crippen molar-refractivity contribution in [3.8, 4) is 0 Å². The van der Waals surface area contributed by atoms with Crippen LogP contribution < -0.4 is 16.1 Å². The Hall–Kier alpha value is -4.62. The minimum absolute atomic E-state index is 0.00883. The van der Waals surface area contributed by atoms with E-state index in [1.165, 1.54) is 50.7 Å². The van der Waals surface area contributed by atoms with Crippen molar-refractivity contribution in [1.82, 2.24) is 20.1 Å².